The molecule has 2 aromatic rings. The number of carbonyl (C=O) groups excluding carboxylic acids is 3. The maximum absolute atomic E-state index is 12.7. The molecule has 0 unspecified atom stereocenters. The fourth-order valence-corrected chi connectivity index (χ4v) is 3.10. The molecule has 0 spiro atoms. The number of anilines is 1. The number of rotatable bonds is 7. The van der Waals surface area contributed by atoms with Gasteiger partial charge in [-0.05, 0) is 47.5 Å². The number of ether oxygens (including phenoxy) is 1. The molecular formula is C22H27N3O4S. The monoisotopic (exact) mass is 429 g/mol. The Morgan fingerprint density at radius 3 is 2.20 bits per heavy atom. The van der Waals surface area contributed by atoms with Gasteiger partial charge in [0.05, 0.1) is 0 Å². The van der Waals surface area contributed by atoms with Gasteiger partial charge in [-0.3, -0.25) is 9.59 Å². The van der Waals surface area contributed by atoms with Crippen LogP contribution in [0, 0.1) is 5.92 Å². The molecule has 1 atom stereocenters. The van der Waals surface area contributed by atoms with E-state index in [-0.39, 0.29) is 23.7 Å². The molecule has 3 amide bonds. The van der Waals surface area contributed by atoms with Gasteiger partial charge in [0.2, 0.25) is 5.91 Å². The van der Waals surface area contributed by atoms with E-state index in [0.717, 1.165) is 22.2 Å². The zero-order chi connectivity index (χ0) is 22.1. The molecule has 0 bridgehead atoms. The van der Waals surface area contributed by atoms with Crippen molar-refractivity contribution >= 4 is 34.7 Å². The molecule has 0 aliphatic rings. The zero-order valence-electron chi connectivity index (χ0n) is 17.5. The maximum atomic E-state index is 12.7. The van der Waals surface area contributed by atoms with Crippen molar-refractivity contribution in [3.8, 4) is 0 Å². The van der Waals surface area contributed by atoms with Crippen molar-refractivity contribution in [3.05, 3.63) is 60.2 Å². The minimum Gasteiger partial charge on any atom is -0.445 e. The van der Waals surface area contributed by atoms with Crippen LogP contribution in [-0.2, 0) is 16.1 Å². The van der Waals surface area contributed by atoms with Crippen LogP contribution in [0.3, 0.4) is 0 Å². The Bertz CT molecular complexity index is 854. The van der Waals surface area contributed by atoms with Crippen LogP contribution in [-0.4, -0.2) is 42.3 Å². The van der Waals surface area contributed by atoms with Crippen molar-refractivity contribution in [2.45, 2.75) is 31.4 Å². The second-order valence-corrected chi connectivity index (χ2v) is 8.23. The summed E-state index contributed by atoms with van der Waals surface area (Å²) >= 11 is 1.10. The van der Waals surface area contributed by atoms with Crippen molar-refractivity contribution in [3.63, 3.8) is 0 Å². The molecule has 30 heavy (non-hydrogen) atoms. The van der Waals surface area contributed by atoms with E-state index >= 15 is 0 Å². The molecule has 8 heteroatoms. The molecule has 0 heterocycles. The Morgan fingerprint density at radius 1 is 1.00 bits per heavy atom. The van der Waals surface area contributed by atoms with Gasteiger partial charge in [-0.15, -0.1) is 0 Å². The number of alkyl carbamates (subject to hydrolysis) is 1. The Balaban J connectivity index is 1.91. The molecular weight excluding hydrogens is 402 g/mol. The van der Waals surface area contributed by atoms with Crippen molar-refractivity contribution < 1.29 is 19.1 Å². The Labute approximate surface area is 181 Å². The lowest BCUT2D eigenvalue weighted by Crippen LogP contribution is -2.47. The second kappa shape index (κ2) is 11.3. The number of nitrogens with one attached hydrogen (secondary N) is 2. The summed E-state index contributed by atoms with van der Waals surface area (Å²) < 4.78 is 5.21. The summed E-state index contributed by atoms with van der Waals surface area (Å²) in [5.74, 6) is -0.478. The summed E-state index contributed by atoms with van der Waals surface area (Å²) in [5, 5.41) is 5.34. The summed E-state index contributed by atoms with van der Waals surface area (Å²) in [6.07, 6.45) is -0.651. The van der Waals surface area contributed by atoms with Crippen LogP contribution in [0.15, 0.2) is 59.5 Å². The predicted octanol–water partition coefficient (Wildman–Crippen LogP) is 4.35. The van der Waals surface area contributed by atoms with E-state index < -0.39 is 12.1 Å². The molecule has 7 nitrogen and oxygen atoms in total. The van der Waals surface area contributed by atoms with Gasteiger partial charge in [-0.1, -0.05) is 44.2 Å². The minimum atomic E-state index is -0.752. The molecule has 2 N–H and O–H groups in total. The number of thioether (sulfide) groups is 1. The molecule has 0 aliphatic heterocycles. The first-order valence-corrected chi connectivity index (χ1v) is 10.3. The summed E-state index contributed by atoms with van der Waals surface area (Å²) in [5.41, 5.74) is 1.44. The predicted molar refractivity (Wildman–Crippen MR) is 118 cm³/mol. The van der Waals surface area contributed by atoms with Crippen molar-refractivity contribution in [1.29, 1.82) is 0 Å². The van der Waals surface area contributed by atoms with Gasteiger partial charge in [-0.25, -0.2) is 4.79 Å². The van der Waals surface area contributed by atoms with E-state index in [4.69, 9.17) is 4.74 Å². The summed E-state index contributed by atoms with van der Waals surface area (Å²) in [6.45, 7) is 3.81. The first-order chi connectivity index (χ1) is 14.3. The third-order valence-electron chi connectivity index (χ3n) is 4.13. The zero-order valence-corrected chi connectivity index (χ0v) is 18.4. The minimum absolute atomic E-state index is 0.0788. The highest BCUT2D eigenvalue weighted by atomic mass is 32.2. The summed E-state index contributed by atoms with van der Waals surface area (Å²) in [4.78, 5) is 38.8. The molecule has 0 aliphatic carbocycles. The van der Waals surface area contributed by atoms with E-state index in [1.54, 1.807) is 38.4 Å². The summed E-state index contributed by atoms with van der Waals surface area (Å²) in [7, 11) is 3.38. The molecule has 0 fully saturated rings. The second-order valence-electron chi connectivity index (χ2n) is 7.20. The molecule has 0 radical (unpaired) electrons. The standard InChI is InChI=1S/C22H27N3O4S/c1-15(2)19(24-21(27)29-14-16-8-6-5-7-9-16)20(26)23-17-10-12-18(13-11-17)30-22(28)25(3)4/h5-13,15,19H,14H2,1-4H3,(H,23,26)(H,24,27)/t19-/m0/s1. The van der Waals surface area contributed by atoms with Crippen molar-refractivity contribution in [2.24, 2.45) is 5.92 Å². The van der Waals surface area contributed by atoms with Crippen LogP contribution in [0.1, 0.15) is 19.4 Å². The van der Waals surface area contributed by atoms with Gasteiger partial charge < -0.3 is 20.3 Å². The Hall–Kier alpha value is -3.00. The highest BCUT2D eigenvalue weighted by Gasteiger charge is 2.25. The van der Waals surface area contributed by atoms with Crippen molar-refractivity contribution in [1.82, 2.24) is 10.2 Å². The van der Waals surface area contributed by atoms with E-state index in [2.05, 4.69) is 10.6 Å². The van der Waals surface area contributed by atoms with Crippen LogP contribution < -0.4 is 10.6 Å². The highest BCUT2D eigenvalue weighted by Crippen LogP contribution is 2.22. The lowest BCUT2D eigenvalue weighted by molar-refractivity contribution is -0.119. The van der Waals surface area contributed by atoms with E-state index in [1.165, 1.54) is 4.90 Å². The molecule has 160 valence electrons. The highest BCUT2D eigenvalue weighted by molar-refractivity contribution is 8.13. The van der Waals surface area contributed by atoms with Gasteiger partial charge >= 0.3 is 6.09 Å². The topological polar surface area (TPSA) is 87.7 Å². The number of nitrogens with zero attached hydrogens (tertiary/aromatic N) is 1. The average Bonchev–Trinajstić information content (AvgIpc) is 2.72. The van der Waals surface area contributed by atoms with E-state index in [9.17, 15) is 14.4 Å². The maximum Gasteiger partial charge on any atom is 0.408 e. The Morgan fingerprint density at radius 2 is 1.63 bits per heavy atom. The molecule has 0 saturated heterocycles. The Kier molecular flexibility index (Phi) is 8.73. The fraction of sp³-hybridized carbons (Fsp3) is 0.318. The van der Waals surface area contributed by atoms with Crippen LogP contribution in [0.5, 0.6) is 0 Å². The van der Waals surface area contributed by atoms with Crippen LogP contribution >= 0.6 is 11.8 Å². The third-order valence-corrected chi connectivity index (χ3v) is 5.18. The van der Waals surface area contributed by atoms with Crippen LogP contribution in [0.2, 0.25) is 0 Å². The normalized spacial score (nSPS) is 11.5. The lowest BCUT2D eigenvalue weighted by atomic mass is 10.0. The van der Waals surface area contributed by atoms with Crippen molar-refractivity contribution in [2.75, 3.05) is 19.4 Å². The lowest BCUT2D eigenvalue weighted by Gasteiger charge is -2.21. The smallest absolute Gasteiger partial charge is 0.408 e. The first-order valence-electron chi connectivity index (χ1n) is 9.53. The van der Waals surface area contributed by atoms with E-state index in [0.29, 0.717) is 5.69 Å². The number of benzene rings is 2. The quantitative estimate of drug-likeness (QED) is 0.639. The van der Waals surface area contributed by atoms with Gasteiger partial charge in [0.15, 0.2) is 0 Å². The largest absolute Gasteiger partial charge is 0.445 e. The van der Waals surface area contributed by atoms with Gasteiger partial charge in [-0.2, -0.15) is 0 Å². The number of carbonyl (C=O) groups is 3. The number of hydrogen-bond donors (Lipinski definition) is 2. The molecule has 2 aromatic carbocycles. The van der Waals surface area contributed by atoms with Crippen LogP contribution in [0.25, 0.3) is 0 Å². The SMILES string of the molecule is CC(C)[C@H](NC(=O)OCc1ccccc1)C(=O)Nc1ccc(SC(=O)N(C)C)cc1. The molecule has 0 saturated carbocycles. The van der Waals surface area contributed by atoms with Gasteiger partial charge in [0.1, 0.15) is 12.6 Å². The number of amides is 3. The fourth-order valence-electron chi connectivity index (χ4n) is 2.45. The van der Waals surface area contributed by atoms with Gasteiger partial charge in [0, 0.05) is 24.7 Å². The van der Waals surface area contributed by atoms with E-state index in [1.807, 2.05) is 44.2 Å². The summed E-state index contributed by atoms with van der Waals surface area (Å²) in [6, 6.07) is 15.5. The third kappa shape index (κ3) is 7.44. The first kappa shape index (κ1) is 23.3. The molecule has 0 aromatic heterocycles. The average molecular weight is 430 g/mol. The number of hydrogen-bond acceptors (Lipinski definition) is 5. The molecule has 2 rings (SSSR count). The van der Waals surface area contributed by atoms with Gasteiger partial charge in [0.25, 0.3) is 5.24 Å². The van der Waals surface area contributed by atoms with Crippen LogP contribution in [0.4, 0.5) is 15.3 Å².